The number of Topliss-reactive ketones (excluding diaryl/α,β-unsaturated/α-hetero) is 1. The van der Waals surface area contributed by atoms with Crippen molar-refractivity contribution >= 4 is 11.7 Å². The van der Waals surface area contributed by atoms with Crippen LogP contribution in [0.4, 0.5) is 0 Å². The number of ketones is 1. The number of rotatable bonds is 4. The summed E-state index contributed by atoms with van der Waals surface area (Å²) in [5.74, 6) is -0.317. The number of carbonyl (C=O) groups is 2. The number of benzene rings is 1. The molecule has 0 spiro atoms. The summed E-state index contributed by atoms with van der Waals surface area (Å²) in [7, 11) is 1.46. The summed E-state index contributed by atoms with van der Waals surface area (Å²) in [5, 5.41) is 1.29. The van der Waals surface area contributed by atoms with Gasteiger partial charge in [0.2, 0.25) is 0 Å². The Labute approximate surface area is 113 Å². The smallest absolute Gasteiger partial charge is 0.260 e. The quantitative estimate of drug-likeness (QED) is 0.617. The molecular weight excluding hydrogens is 242 g/mol. The Morgan fingerprint density at radius 2 is 2.00 bits per heavy atom. The predicted octanol–water partition coefficient (Wildman–Crippen LogP) is 2.37. The fourth-order valence-electron chi connectivity index (χ4n) is 2.59. The maximum atomic E-state index is 12.7. The highest BCUT2D eigenvalue weighted by Gasteiger charge is 2.51. The number of hydrogen-bond acceptors (Lipinski definition) is 3. The molecule has 1 heterocycles. The first kappa shape index (κ1) is 13.7. The second-order valence-electron chi connectivity index (χ2n) is 4.97. The molecule has 1 atom stereocenters. The van der Waals surface area contributed by atoms with Crippen molar-refractivity contribution in [3.05, 3.63) is 35.4 Å². The van der Waals surface area contributed by atoms with Crippen molar-refractivity contribution in [2.75, 3.05) is 13.7 Å². The first-order valence-corrected chi connectivity index (χ1v) is 6.52. The van der Waals surface area contributed by atoms with E-state index in [2.05, 4.69) is 0 Å². The van der Waals surface area contributed by atoms with E-state index in [4.69, 9.17) is 4.84 Å². The molecule has 1 aliphatic heterocycles. The van der Waals surface area contributed by atoms with Crippen LogP contribution in [-0.2, 0) is 9.63 Å². The van der Waals surface area contributed by atoms with Crippen LogP contribution in [0.2, 0.25) is 0 Å². The zero-order valence-electron chi connectivity index (χ0n) is 11.6. The normalized spacial score (nSPS) is 22.9. The molecule has 4 nitrogen and oxygen atoms in total. The van der Waals surface area contributed by atoms with E-state index >= 15 is 0 Å². The molecule has 1 amide bonds. The molecule has 0 bridgehead atoms. The van der Waals surface area contributed by atoms with Gasteiger partial charge in [-0.2, -0.15) is 0 Å². The molecule has 1 aliphatic rings. The highest BCUT2D eigenvalue weighted by atomic mass is 16.7. The molecule has 0 aromatic heterocycles. The van der Waals surface area contributed by atoms with Gasteiger partial charge >= 0.3 is 0 Å². The average Bonchev–Trinajstić information content (AvgIpc) is 2.76. The van der Waals surface area contributed by atoms with E-state index in [0.717, 1.165) is 5.56 Å². The Kier molecular flexibility index (Phi) is 3.71. The van der Waals surface area contributed by atoms with Crippen molar-refractivity contribution in [1.82, 2.24) is 5.06 Å². The fourth-order valence-corrected chi connectivity index (χ4v) is 2.59. The zero-order chi connectivity index (χ0) is 14.0. The number of nitrogens with zero attached hydrogens (tertiary/aromatic N) is 1. The van der Waals surface area contributed by atoms with Crippen molar-refractivity contribution in [2.24, 2.45) is 5.41 Å². The Balaban J connectivity index is 2.35. The lowest BCUT2D eigenvalue weighted by Gasteiger charge is -2.24. The summed E-state index contributed by atoms with van der Waals surface area (Å²) in [6, 6.07) is 7.36. The van der Waals surface area contributed by atoms with Gasteiger partial charge in [-0.25, -0.2) is 5.06 Å². The van der Waals surface area contributed by atoms with Crippen molar-refractivity contribution in [3.8, 4) is 0 Å². The van der Waals surface area contributed by atoms with Gasteiger partial charge in [0.25, 0.3) is 5.91 Å². The first-order valence-electron chi connectivity index (χ1n) is 6.52. The second kappa shape index (κ2) is 5.13. The summed E-state index contributed by atoms with van der Waals surface area (Å²) in [6.45, 7) is 4.32. The Hall–Kier alpha value is -1.68. The first-order chi connectivity index (χ1) is 9.05. The van der Waals surface area contributed by atoms with Crippen LogP contribution < -0.4 is 0 Å². The van der Waals surface area contributed by atoms with E-state index in [9.17, 15) is 9.59 Å². The minimum absolute atomic E-state index is 0.0976. The van der Waals surface area contributed by atoms with Gasteiger partial charge in [-0.15, -0.1) is 0 Å². The third kappa shape index (κ3) is 2.16. The highest BCUT2D eigenvalue weighted by molar-refractivity contribution is 6.14. The molecular formula is C15H19NO3. The zero-order valence-corrected chi connectivity index (χ0v) is 11.6. The van der Waals surface area contributed by atoms with Gasteiger partial charge in [-0.3, -0.25) is 14.4 Å². The number of hydrogen-bond donors (Lipinski definition) is 0. The Bertz CT molecular complexity index is 495. The minimum Gasteiger partial charge on any atom is -0.293 e. The molecule has 4 heteroatoms. The summed E-state index contributed by atoms with van der Waals surface area (Å²) in [5.41, 5.74) is 0.739. The molecule has 1 saturated heterocycles. The standard InChI is InChI=1S/C15H19NO3/c1-4-15(9-10-16(19-3)14(15)18)13(17)12-7-5-11(2)6-8-12/h5-8H,4,9-10H2,1-3H3/t15-/m0/s1. The van der Waals surface area contributed by atoms with Crippen molar-refractivity contribution in [3.63, 3.8) is 0 Å². The van der Waals surface area contributed by atoms with Gasteiger partial charge in [-0.1, -0.05) is 36.8 Å². The van der Waals surface area contributed by atoms with E-state index in [-0.39, 0.29) is 11.7 Å². The molecule has 0 N–H and O–H groups in total. The van der Waals surface area contributed by atoms with Crippen LogP contribution in [0.1, 0.15) is 35.7 Å². The number of hydroxylamine groups is 2. The molecule has 0 aliphatic carbocycles. The summed E-state index contributed by atoms with van der Waals surface area (Å²) >= 11 is 0. The molecule has 0 saturated carbocycles. The maximum Gasteiger partial charge on any atom is 0.260 e. The molecule has 19 heavy (non-hydrogen) atoms. The monoisotopic (exact) mass is 261 g/mol. The molecule has 0 radical (unpaired) electrons. The van der Waals surface area contributed by atoms with Gasteiger partial charge in [0.1, 0.15) is 5.41 Å². The Morgan fingerprint density at radius 3 is 2.47 bits per heavy atom. The maximum absolute atomic E-state index is 12.7. The molecule has 1 aromatic rings. The summed E-state index contributed by atoms with van der Waals surface area (Å²) in [4.78, 5) is 30.0. The predicted molar refractivity (Wildman–Crippen MR) is 71.6 cm³/mol. The summed E-state index contributed by atoms with van der Waals surface area (Å²) < 4.78 is 0. The SMILES string of the molecule is CC[C@@]1(C(=O)c2ccc(C)cc2)CCN(OC)C1=O. The van der Waals surface area contributed by atoms with Crippen molar-refractivity contribution in [1.29, 1.82) is 0 Å². The van der Waals surface area contributed by atoms with Crippen LogP contribution in [0.25, 0.3) is 0 Å². The van der Waals surface area contributed by atoms with Gasteiger partial charge in [0, 0.05) is 5.56 Å². The van der Waals surface area contributed by atoms with Crippen LogP contribution in [0.5, 0.6) is 0 Å². The van der Waals surface area contributed by atoms with Crippen LogP contribution in [-0.4, -0.2) is 30.4 Å². The second-order valence-corrected chi connectivity index (χ2v) is 4.97. The number of carbonyl (C=O) groups excluding carboxylic acids is 2. The average molecular weight is 261 g/mol. The van der Waals surface area contributed by atoms with Crippen LogP contribution in [0, 0.1) is 12.3 Å². The number of aryl methyl sites for hydroxylation is 1. The third-order valence-corrected chi connectivity index (χ3v) is 3.95. The van der Waals surface area contributed by atoms with E-state index in [1.54, 1.807) is 12.1 Å². The lowest BCUT2D eigenvalue weighted by Crippen LogP contribution is -2.39. The lowest BCUT2D eigenvalue weighted by molar-refractivity contribution is -0.171. The van der Waals surface area contributed by atoms with E-state index in [1.165, 1.54) is 12.2 Å². The molecule has 0 unspecified atom stereocenters. The summed E-state index contributed by atoms with van der Waals surface area (Å²) in [6.07, 6.45) is 1.02. The van der Waals surface area contributed by atoms with E-state index in [0.29, 0.717) is 24.9 Å². The van der Waals surface area contributed by atoms with Gasteiger partial charge in [0.05, 0.1) is 13.7 Å². The third-order valence-electron chi connectivity index (χ3n) is 3.95. The van der Waals surface area contributed by atoms with Crippen LogP contribution >= 0.6 is 0 Å². The molecule has 102 valence electrons. The van der Waals surface area contributed by atoms with Gasteiger partial charge in [-0.05, 0) is 19.8 Å². The highest BCUT2D eigenvalue weighted by Crippen LogP contribution is 2.38. The van der Waals surface area contributed by atoms with Gasteiger partial charge in [0.15, 0.2) is 5.78 Å². The number of amides is 1. The largest absolute Gasteiger partial charge is 0.293 e. The minimum atomic E-state index is -0.953. The fraction of sp³-hybridized carbons (Fsp3) is 0.467. The topological polar surface area (TPSA) is 46.6 Å². The Morgan fingerprint density at radius 1 is 1.37 bits per heavy atom. The molecule has 1 fully saturated rings. The van der Waals surface area contributed by atoms with Crippen LogP contribution in [0.3, 0.4) is 0 Å². The molecule has 1 aromatic carbocycles. The van der Waals surface area contributed by atoms with Crippen molar-refractivity contribution in [2.45, 2.75) is 26.7 Å². The van der Waals surface area contributed by atoms with Gasteiger partial charge < -0.3 is 0 Å². The van der Waals surface area contributed by atoms with Crippen LogP contribution in [0.15, 0.2) is 24.3 Å². The van der Waals surface area contributed by atoms with E-state index < -0.39 is 5.41 Å². The van der Waals surface area contributed by atoms with Crippen molar-refractivity contribution < 1.29 is 14.4 Å². The molecule has 2 rings (SSSR count). The van der Waals surface area contributed by atoms with E-state index in [1.807, 2.05) is 26.0 Å². The lowest BCUT2D eigenvalue weighted by atomic mass is 9.76.